The van der Waals surface area contributed by atoms with Crippen molar-refractivity contribution < 1.29 is 9.84 Å². The van der Waals surface area contributed by atoms with E-state index in [4.69, 9.17) is 9.84 Å². The summed E-state index contributed by atoms with van der Waals surface area (Å²) in [6.45, 7) is 3.37. The molecule has 0 aliphatic heterocycles. The normalized spacial score (nSPS) is 18.6. The quantitative estimate of drug-likeness (QED) is 0.863. The summed E-state index contributed by atoms with van der Waals surface area (Å²) in [5, 5.41) is 8.87. The molecule has 0 amide bonds. The van der Waals surface area contributed by atoms with Crippen LogP contribution in [0.15, 0.2) is 24.3 Å². The molecular weight excluding hydrogens is 224 g/mol. The minimum atomic E-state index is 0.207. The smallest absolute Gasteiger partial charge is 0.119 e. The average molecular weight is 248 g/mol. The van der Waals surface area contributed by atoms with Gasteiger partial charge in [-0.15, -0.1) is 0 Å². The minimum Gasteiger partial charge on any atom is -0.493 e. The Morgan fingerprint density at radius 3 is 2.39 bits per heavy atom. The Bertz CT molecular complexity index is 350. The lowest BCUT2D eigenvalue weighted by Crippen LogP contribution is -2.27. The highest BCUT2D eigenvalue weighted by atomic mass is 16.5. The Balaban J connectivity index is 1.85. The molecule has 1 saturated carbocycles. The van der Waals surface area contributed by atoms with Gasteiger partial charge in [0, 0.05) is 12.0 Å². The van der Waals surface area contributed by atoms with E-state index in [1.807, 2.05) is 24.3 Å². The van der Waals surface area contributed by atoms with Crippen LogP contribution in [0.1, 0.15) is 44.6 Å². The SMILES string of the molecule is CC1(COc2ccc(CCO)cc2)CCCCC1. The van der Waals surface area contributed by atoms with E-state index < -0.39 is 0 Å². The summed E-state index contributed by atoms with van der Waals surface area (Å²) >= 11 is 0. The second-order valence-electron chi connectivity index (χ2n) is 5.78. The summed E-state index contributed by atoms with van der Waals surface area (Å²) in [6, 6.07) is 8.10. The molecule has 1 N–H and O–H groups in total. The standard InChI is InChI=1S/C16H24O2/c1-16(10-3-2-4-11-16)13-18-15-7-5-14(6-8-15)9-12-17/h5-8,17H,2-4,9-13H2,1H3. The van der Waals surface area contributed by atoms with Gasteiger partial charge < -0.3 is 9.84 Å². The monoisotopic (exact) mass is 248 g/mol. The van der Waals surface area contributed by atoms with E-state index in [9.17, 15) is 0 Å². The molecule has 1 fully saturated rings. The van der Waals surface area contributed by atoms with Crippen molar-refractivity contribution in [2.24, 2.45) is 5.41 Å². The molecule has 0 heterocycles. The second kappa shape index (κ2) is 6.24. The number of hydrogen-bond donors (Lipinski definition) is 1. The van der Waals surface area contributed by atoms with Crippen LogP contribution in [0.25, 0.3) is 0 Å². The fraction of sp³-hybridized carbons (Fsp3) is 0.625. The van der Waals surface area contributed by atoms with E-state index in [-0.39, 0.29) is 6.61 Å². The van der Waals surface area contributed by atoms with Crippen LogP contribution in [-0.4, -0.2) is 18.3 Å². The fourth-order valence-corrected chi connectivity index (χ4v) is 2.69. The molecule has 2 rings (SSSR count). The molecule has 0 bridgehead atoms. The molecule has 2 nitrogen and oxygen atoms in total. The molecule has 2 heteroatoms. The first-order valence-electron chi connectivity index (χ1n) is 7.04. The second-order valence-corrected chi connectivity index (χ2v) is 5.78. The third-order valence-electron chi connectivity index (χ3n) is 3.97. The predicted molar refractivity (Wildman–Crippen MR) is 73.9 cm³/mol. The maximum absolute atomic E-state index is 8.87. The van der Waals surface area contributed by atoms with Crippen LogP contribution in [0.3, 0.4) is 0 Å². The summed E-state index contributed by atoms with van der Waals surface area (Å²) in [5.41, 5.74) is 1.52. The lowest BCUT2D eigenvalue weighted by molar-refractivity contribution is 0.116. The average Bonchev–Trinajstić information content (AvgIpc) is 2.39. The molecule has 0 spiro atoms. The van der Waals surface area contributed by atoms with Crippen LogP contribution < -0.4 is 4.74 Å². The van der Waals surface area contributed by atoms with Crippen molar-refractivity contribution in [3.63, 3.8) is 0 Å². The van der Waals surface area contributed by atoms with Gasteiger partial charge in [-0.05, 0) is 37.0 Å². The van der Waals surface area contributed by atoms with Crippen LogP contribution >= 0.6 is 0 Å². The lowest BCUT2D eigenvalue weighted by Gasteiger charge is -2.33. The summed E-state index contributed by atoms with van der Waals surface area (Å²) in [4.78, 5) is 0. The van der Waals surface area contributed by atoms with Gasteiger partial charge >= 0.3 is 0 Å². The third-order valence-corrected chi connectivity index (χ3v) is 3.97. The van der Waals surface area contributed by atoms with Crippen molar-refractivity contribution in [3.8, 4) is 5.75 Å². The van der Waals surface area contributed by atoms with Crippen molar-refractivity contribution in [2.75, 3.05) is 13.2 Å². The maximum atomic E-state index is 8.87. The highest BCUT2D eigenvalue weighted by Gasteiger charge is 2.27. The number of benzene rings is 1. The predicted octanol–water partition coefficient (Wildman–Crippen LogP) is 3.57. The minimum absolute atomic E-state index is 0.207. The van der Waals surface area contributed by atoms with E-state index in [0.29, 0.717) is 5.41 Å². The van der Waals surface area contributed by atoms with Crippen LogP contribution in [0.5, 0.6) is 5.75 Å². The molecule has 1 aliphatic carbocycles. The molecule has 100 valence electrons. The number of rotatable bonds is 5. The van der Waals surface area contributed by atoms with Crippen molar-refractivity contribution >= 4 is 0 Å². The van der Waals surface area contributed by atoms with Crippen LogP contribution in [-0.2, 0) is 6.42 Å². The molecule has 0 unspecified atom stereocenters. The number of aliphatic hydroxyl groups is 1. The fourth-order valence-electron chi connectivity index (χ4n) is 2.69. The van der Waals surface area contributed by atoms with Crippen LogP contribution in [0.2, 0.25) is 0 Å². The molecule has 18 heavy (non-hydrogen) atoms. The Morgan fingerprint density at radius 2 is 1.78 bits per heavy atom. The molecule has 1 aliphatic rings. The molecule has 0 aromatic heterocycles. The first kappa shape index (κ1) is 13.4. The van der Waals surface area contributed by atoms with E-state index >= 15 is 0 Å². The molecular formula is C16H24O2. The van der Waals surface area contributed by atoms with Gasteiger partial charge in [-0.3, -0.25) is 0 Å². The van der Waals surface area contributed by atoms with Crippen molar-refractivity contribution in [2.45, 2.75) is 45.4 Å². The number of aliphatic hydroxyl groups excluding tert-OH is 1. The van der Waals surface area contributed by atoms with Gasteiger partial charge in [0.25, 0.3) is 0 Å². The molecule has 0 saturated heterocycles. The first-order chi connectivity index (χ1) is 8.72. The van der Waals surface area contributed by atoms with Gasteiger partial charge in [-0.1, -0.05) is 38.3 Å². The zero-order valence-corrected chi connectivity index (χ0v) is 11.3. The van der Waals surface area contributed by atoms with Gasteiger partial charge in [0.15, 0.2) is 0 Å². The van der Waals surface area contributed by atoms with Crippen LogP contribution in [0.4, 0.5) is 0 Å². The van der Waals surface area contributed by atoms with Crippen molar-refractivity contribution in [3.05, 3.63) is 29.8 Å². The highest BCUT2D eigenvalue weighted by Crippen LogP contribution is 2.36. The highest BCUT2D eigenvalue weighted by molar-refractivity contribution is 5.27. The summed E-state index contributed by atoms with van der Waals surface area (Å²) in [7, 11) is 0. The molecule has 1 aromatic carbocycles. The third kappa shape index (κ3) is 3.74. The Labute approximate surface area is 110 Å². The number of hydrogen-bond acceptors (Lipinski definition) is 2. The molecule has 1 aromatic rings. The molecule has 0 atom stereocenters. The van der Waals surface area contributed by atoms with Crippen LogP contribution in [0, 0.1) is 5.41 Å². The zero-order chi connectivity index (χ0) is 12.8. The van der Waals surface area contributed by atoms with Gasteiger partial charge in [-0.25, -0.2) is 0 Å². The van der Waals surface area contributed by atoms with Gasteiger partial charge in [-0.2, -0.15) is 0 Å². The van der Waals surface area contributed by atoms with E-state index in [1.165, 1.54) is 32.1 Å². The maximum Gasteiger partial charge on any atom is 0.119 e. The van der Waals surface area contributed by atoms with Gasteiger partial charge in [0.05, 0.1) is 6.61 Å². The van der Waals surface area contributed by atoms with E-state index in [1.54, 1.807) is 0 Å². The topological polar surface area (TPSA) is 29.5 Å². The summed E-state index contributed by atoms with van der Waals surface area (Å²) in [6.07, 6.45) is 7.36. The first-order valence-corrected chi connectivity index (χ1v) is 7.04. The Kier molecular flexibility index (Phi) is 4.65. The summed E-state index contributed by atoms with van der Waals surface area (Å²) in [5.74, 6) is 0.948. The van der Waals surface area contributed by atoms with E-state index in [2.05, 4.69) is 6.92 Å². The van der Waals surface area contributed by atoms with Gasteiger partial charge in [0.2, 0.25) is 0 Å². The molecule has 0 radical (unpaired) electrons. The lowest BCUT2D eigenvalue weighted by atomic mass is 9.76. The Hall–Kier alpha value is -1.02. The van der Waals surface area contributed by atoms with E-state index in [0.717, 1.165) is 24.3 Å². The van der Waals surface area contributed by atoms with Crippen molar-refractivity contribution in [1.29, 1.82) is 0 Å². The largest absolute Gasteiger partial charge is 0.493 e. The summed E-state index contributed by atoms with van der Waals surface area (Å²) < 4.78 is 5.92. The Morgan fingerprint density at radius 1 is 1.11 bits per heavy atom. The zero-order valence-electron chi connectivity index (χ0n) is 11.3. The number of ether oxygens (including phenoxy) is 1. The van der Waals surface area contributed by atoms with Gasteiger partial charge in [0.1, 0.15) is 5.75 Å². The van der Waals surface area contributed by atoms with Crippen molar-refractivity contribution in [1.82, 2.24) is 0 Å².